The number of nitrogens with one attached hydrogen (secondary N) is 1. The quantitative estimate of drug-likeness (QED) is 0.849. The summed E-state index contributed by atoms with van der Waals surface area (Å²) >= 11 is 3.45. The van der Waals surface area contributed by atoms with Gasteiger partial charge in [0, 0.05) is 28.8 Å². The van der Waals surface area contributed by atoms with Gasteiger partial charge in [-0.2, -0.15) is 0 Å². The van der Waals surface area contributed by atoms with Crippen molar-refractivity contribution in [3.8, 4) is 17.4 Å². The van der Waals surface area contributed by atoms with E-state index in [1.165, 1.54) is 0 Å². The van der Waals surface area contributed by atoms with E-state index in [-0.39, 0.29) is 0 Å². The molecule has 0 saturated carbocycles. The molecule has 0 aliphatic rings. The molecule has 21 heavy (non-hydrogen) atoms. The maximum absolute atomic E-state index is 5.92. The summed E-state index contributed by atoms with van der Waals surface area (Å²) in [5, 5.41) is 3.37. The van der Waals surface area contributed by atoms with Crippen LogP contribution in [0.1, 0.15) is 19.4 Å². The lowest BCUT2D eigenvalue weighted by Gasteiger charge is -2.14. The van der Waals surface area contributed by atoms with Gasteiger partial charge >= 0.3 is 0 Å². The van der Waals surface area contributed by atoms with Crippen molar-refractivity contribution >= 4 is 15.9 Å². The van der Waals surface area contributed by atoms with E-state index < -0.39 is 0 Å². The molecule has 5 heteroatoms. The Morgan fingerprint density at radius 2 is 1.95 bits per heavy atom. The van der Waals surface area contributed by atoms with E-state index in [1.54, 1.807) is 13.3 Å². The topological polar surface area (TPSA) is 43.4 Å². The van der Waals surface area contributed by atoms with Gasteiger partial charge in [-0.25, -0.2) is 4.98 Å². The third kappa shape index (κ3) is 4.44. The second-order valence-electron chi connectivity index (χ2n) is 4.91. The van der Waals surface area contributed by atoms with Gasteiger partial charge in [0.15, 0.2) is 11.5 Å². The first kappa shape index (κ1) is 15.8. The number of methoxy groups -OCH3 is 1. The lowest BCUT2D eigenvalue weighted by Crippen LogP contribution is -2.22. The van der Waals surface area contributed by atoms with Gasteiger partial charge in [0.25, 0.3) is 0 Å². The summed E-state index contributed by atoms with van der Waals surface area (Å²) in [7, 11) is 1.62. The minimum absolute atomic E-state index is 0.392. The zero-order valence-electron chi connectivity index (χ0n) is 12.4. The van der Waals surface area contributed by atoms with E-state index in [0.717, 1.165) is 10.0 Å². The molecular weight excluding hydrogens is 332 g/mol. The number of para-hydroxylation sites is 2. The van der Waals surface area contributed by atoms with E-state index in [2.05, 4.69) is 40.1 Å². The van der Waals surface area contributed by atoms with Crippen molar-refractivity contribution in [2.24, 2.45) is 0 Å². The lowest BCUT2D eigenvalue weighted by atomic mass is 10.2. The van der Waals surface area contributed by atoms with Gasteiger partial charge in [0.1, 0.15) is 0 Å². The molecule has 1 aromatic heterocycles. The smallest absolute Gasteiger partial charge is 0.223 e. The van der Waals surface area contributed by atoms with E-state index in [9.17, 15) is 0 Å². The minimum atomic E-state index is 0.392. The fraction of sp³-hybridized carbons (Fsp3) is 0.312. The number of halogens is 1. The maximum Gasteiger partial charge on any atom is 0.223 e. The molecule has 0 saturated heterocycles. The molecule has 0 unspecified atom stereocenters. The van der Waals surface area contributed by atoms with Gasteiger partial charge in [0.2, 0.25) is 5.88 Å². The predicted molar refractivity (Wildman–Crippen MR) is 87.0 cm³/mol. The summed E-state index contributed by atoms with van der Waals surface area (Å²) in [4.78, 5) is 4.36. The van der Waals surface area contributed by atoms with Crippen LogP contribution in [-0.4, -0.2) is 18.1 Å². The van der Waals surface area contributed by atoms with Gasteiger partial charge < -0.3 is 14.8 Å². The second kappa shape index (κ2) is 7.43. The normalized spacial score (nSPS) is 10.7. The Labute approximate surface area is 133 Å². The number of benzene rings is 1. The predicted octanol–water partition coefficient (Wildman–Crippen LogP) is 4.14. The van der Waals surface area contributed by atoms with Gasteiger partial charge in [-0.3, -0.25) is 0 Å². The first-order valence-electron chi connectivity index (χ1n) is 6.79. The Morgan fingerprint density at radius 3 is 2.62 bits per heavy atom. The van der Waals surface area contributed by atoms with Crippen LogP contribution in [0.3, 0.4) is 0 Å². The van der Waals surface area contributed by atoms with Crippen molar-refractivity contribution in [2.45, 2.75) is 26.4 Å². The molecule has 0 bridgehead atoms. The van der Waals surface area contributed by atoms with E-state index in [4.69, 9.17) is 9.47 Å². The summed E-state index contributed by atoms with van der Waals surface area (Å²) in [6.07, 6.45) is 1.73. The Morgan fingerprint density at radius 1 is 1.24 bits per heavy atom. The van der Waals surface area contributed by atoms with Crippen molar-refractivity contribution in [3.63, 3.8) is 0 Å². The first-order valence-corrected chi connectivity index (χ1v) is 7.58. The molecule has 2 rings (SSSR count). The second-order valence-corrected chi connectivity index (χ2v) is 5.82. The van der Waals surface area contributed by atoms with Gasteiger partial charge in [-0.1, -0.05) is 26.0 Å². The van der Waals surface area contributed by atoms with Crippen molar-refractivity contribution < 1.29 is 9.47 Å². The molecule has 4 nitrogen and oxygen atoms in total. The number of hydrogen-bond donors (Lipinski definition) is 1. The van der Waals surface area contributed by atoms with E-state index >= 15 is 0 Å². The molecule has 0 aliphatic carbocycles. The summed E-state index contributed by atoms with van der Waals surface area (Å²) < 4.78 is 12.1. The molecule has 0 aliphatic heterocycles. The monoisotopic (exact) mass is 350 g/mol. The Hall–Kier alpha value is -1.59. The van der Waals surface area contributed by atoms with Crippen molar-refractivity contribution in [2.75, 3.05) is 7.11 Å². The first-order chi connectivity index (χ1) is 10.1. The van der Waals surface area contributed by atoms with Crippen LogP contribution in [0, 0.1) is 0 Å². The molecule has 0 spiro atoms. The van der Waals surface area contributed by atoms with Crippen molar-refractivity contribution in [1.82, 2.24) is 10.3 Å². The third-order valence-corrected chi connectivity index (χ3v) is 3.30. The van der Waals surface area contributed by atoms with Crippen LogP contribution in [-0.2, 0) is 6.54 Å². The molecule has 1 heterocycles. The van der Waals surface area contributed by atoms with Crippen LogP contribution in [0.15, 0.2) is 41.0 Å². The Balaban J connectivity index is 2.26. The van der Waals surface area contributed by atoms with Crippen LogP contribution in [0.5, 0.6) is 17.4 Å². The molecule has 112 valence electrons. The molecular formula is C16H19BrN2O2. The molecule has 0 atom stereocenters. The number of rotatable bonds is 6. The number of hydrogen-bond acceptors (Lipinski definition) is 4. The number of aromatic nitrogens is 1. The fourth-order valence-electron chi connectivity index (χ4n) is 1.81. The largest absolute Gasteiger partial charge is 0.493 e. The highest BCUT2D eigenvalue weighted by Gasteiger charge is 2.11. The van der Waals surface area contributed by atoms with Crippen LogP contribution in [0.4, 0.5) is 0 Å². The van der Waals surface area contributed by atoms with E-state index in [0.29, 0.717) is 30.0 Å². The molecule has 1 N–H and O–H groups in total. The van der Waals surface area contributed by atoms with Crippen LogP contribution >= 0.6 is 15.9 Å². The average molecular weight is 351 g/mol. The molecule has 1 aromatic carbocycles. The van der Waals surface area contributed by atoms with Gasteiger partial charge in [0.05, 0.1) is 7.11 Å². The number of pyridine rings is 1. The molecule has 0 radical (unpaired) electrons. The van der Waals surface area contributed by atoms with Gasteiger partial charge in [-0.15, -0.1) is 0 Å². The third-order valence-electron chi connectivity index (χ3n) is 2.87. The average Bonchev–Trinajstić information content (AvgIpc) is 2.48. The summed E-state index contributed by atoms with van der Waals surface area (Å²) in [5.41, 5.74) is 0.990. The summed E-state index contributed by atoms with van der Waals surface area (Å²) in [6, 6.07) is 9.93. The minimum Gasteiger partial charge on any atom is -0.493 e. The molecule has 0 fully saturated rings. The maximum atomic E-state index is 5.92. The van der Waals surface area contributed by atoms with Crippen LogP contribution in [0.25, 0.3) is 0 Å². The van der Waals surface area contributed by atoms with Crippen LogP contribution in [0.2, 0.25) is 0 Å². The summed E-state index contributed by atoms with van der Waals surface area (Å²) in [6.45, 7) is 4.90. The zero-order chi connectivity index (χ0) is 15.2. The Kier molecular flexibility index (Phi) is 5.59. The van der Waals surface area contributed by atoms with Crippen LogP contribution < -0.4 is 14.8 Å². The standard InChI is InChI=1S/C16H19BrN2O2/c1-11(2)18-9-12-8-13(17)10-19-16(12)21-15-7-5-4-6-14(15)20-3/h4-8,10-11,18H,9H2,1-3H3. The highest BCUT2D eigenvalue weighted by atomic mass is 79.9. The molecule has 0 amide bonds. The highest BCUT2D eigenvalue weighted by Crippen LogP contribution is 2.32. The fourth-order valence-corrected chi connectivity index (χ4v) is 2.19. The van der Waals surface area contributed by atoms with Gasteiger partial charge in [-0.05, 0) is 34.1 Å². The highest BCUT2D eigenvalue weighted by molar-refractivity contribution is 9.10. The Bertz CT molecular complexity index is 603. The summed E-state index contributed by atoms with van der Waals surface area (Å²) in [5.74, 6) is 1.92. The van der Waals surface area contributed by atoms with Crippen molar-refractivity contribution in [1.29, 1.82) is 0 Å². The number of nitrogens with zero attached hydrogens (tertiary/aromatic N) is 1. The molecule has 2 aromatic rings. The lowest BCUT2D eigenvalue weighted by molar-refractivity contribution is 0.371. The van der Waals surface area contributed by atoms with Crippen molar-refractivity contribution in [3.05, 3.63) is 46.6 Å². The van der Waals surface area contributed by atoms with E-state index in [1.807, 2.05) is 30.3 Å². The zero-order valence-corrected chi connectivity index (χ0v) is 14.0. The number of ether oxygens (including phenoxy) is 2. The SMILES string of the molecule is COc1ccccc1Oc1ncc(Br)cc1CNC(C)C.